The van der Waals surface area contributed by atoms with Crippen molar-refractivity contribution >= 4 is 52.8 Å². The predicted molar refractivity (Wildman–Crippen MR) is 202 cm³/mol. The third kappa shape index (κ3) is 6.22. The monoisotopic (exact) mass is 709 g/mol. The van der Waals surface area contributed by atoms with Crippen LogP contribution >= 0.6 is 11.6 Å². The summed E-state index contributed by atoms with van der Waals surface area (Å²) in [6.45, 7) is 11.7. The molecule has 0 bridgehead atoms. The normalized spacial score (nSPS) is 26.1. The summed E-state index contributed by atoms with van der Waals surface area (Å²) in [5, 5.41) is 8.40. The van der Waals surface area contributed by atoms with Crippen molar-refractivity contribution in [3.05, 3.63) is 95.6 Å². The van der Waals surface area contributed by atoms with Crippen LogP contribution in [0.3, 0.4) is 0 Å². The molecule has 3 aliphatic heterocycles. The number of hydrogen-bond acceptors (Lipinski definition) is 6. The molecular formula is C41H48ClN3O4Si. The SMILES string of the molecule is CC(C)(C)[Si](OC1COCC1N1CCC(c2cc3cc(NC(=O)C4CC45CCOC5)ncc3cc2Cl)CC1)(c1ccccc1)c1ccccc1. The molecule has 4 heterocycles. The number of aromatic nitrogens is 1. The van der Waals surface area contributed by atoms with Gasteiger partial charge in [-0.3, -0.25) is 9.69 Å². The number of likely N-dealkylation sites (tertiary alicyclic amines) is 1. The fourth-order valence-corrected chi connectivity index (χ4v) is 14.0. The third-order valence-corrected chi connectivity index (χ3v) is 17.3. The van der Waals surface area contributed by atoms with Gasteiger partial charge in [-0.1, -0.05) is 93.0 Å². The first-order valence-corrected chi connectivity index (χ1v) is 20.5. The van der Waals surface area contributed by atoms with Crippen molar-refractivity contribution < 1.29 is 18.7 Å². The number of rotatable bonds is 8. The zero-order chi connectivity index (χ0) is 34.5. The second kappa shape index (κ2) is 13.5. The highest BCUT2D eigenvalue weighted by Crippen LogP contribution is 2.58. The topological polar surface area (TPSA) is 72.9 Å². The first-order chi connectivity index (χ1) is 24.2. The standard InChI is InChI=1S/C41H48ClN3O4Si/c1-40(2,3)50(31-10-6-4-7-11-31,32-12-8-5-9-13-32)49-37-26-48-25-36(37)45-17-14-28(15-18-45)33-20-29-22-38(43-24-30(29)21-35(33)42)44-39(46)34-23-41(34)16-19-47-27-41/h4-13,20-22,24,28,34,36-37H,14-19,23,25-27H2,1-3H3,(H,43,44,46). The maximum absolute atomic E-state index is 13.0. The summed E-state index contributed by atoms with van der Waals surface area (Å²) >= 11 is 6.94. The van der Waals surface area contributed by atoms with Gasteiger partial charge in [-0.05, 0) is 89.3 Å². The van der Waals surface area contributed by atoms with Crippen LogP contribution < -0.4 is 15.7 Å². The van der Waals surface area contributed by atoms with Crippen LogP contribution in [0, 0.1) is 11.3 Å². The second-order valence-corrected chi connectivity index (χ2v) is 20.6. The summed E-state index contributed by atoms with van der Waals surface area (Å²) in [4.78, 5) is 20.2. The molecule has 4 fully saturated rings. The lowest BCUT2D eigenvalue weighted by molar-refractivity contribution is -0.118. The summed E-state index contributed by atoms with van der Waals surface area (Å²) in [6.07, 6.45) is 5.69. The number of carbonyl (C=O) groups excluding carboxylic acids is 1. The Morgan fingerprint density at radius 2 is 1.66 bits per heavy atom. The van der Waals surface area contributed by atoms with Crippen LogP contribution in [-0.4, -0.2) is 75.8 Å². The smallest absolute Gasteiger partial charge is 0.261 e. The van der Waals surface area contributed by atoms with E-state index in [1.54, 1.807) is 0 Å². The van der Waals surface area contributed by atoms with E-state index in [0.717, 1.165) is 61.2 Å². The van der Waals surface area contributed by atoms with Gasteiger partial charge < -0.3 is 19.2 Å². The molecular weight excluding hydrogens is 662 g/mol. The average Bonchev–Trinajstić information content (AvgIpc) is 3.38. The summed E-state index contributed by atoms with van der Waals surface area (Å²) in [7, 11) is -2.71. The summed E-state index contributed by atoms with van der Waals surface area (Å²) in [5.41, 5.74) is 1.23. The Morgan fingerprint density at radius 3 is 2.30 bits per heavy atom. The summed E-state index contributed by atoms with van der Waals surface area (Å²) in [6, 6.07) is 28.2. The molecule has 3 saturated heterocycles. The molecule has 1 aromatic heterocycles. The number of hydrogen-bond donors (Lipinski definition) is 1. The number of nitrogens with one attached hydrogen (secondary N) is 1. The van der Waals surface area contributed by atoms with Crippen LogP contribution in [0.2, 0.25) is 10.1 Å². The van der Waals surface area contributed by atoms with E-state index in [0.29, 0.717) is 31.6 Å². The molecule has 0 radical (unpaired) electrons. The van der Waals surface area contributed by atoms with Crippen LogP contribution in [-0.2, 0) is 18.7 Å². The molecule has 1 saturated carbocycles. The van der Waals surface area contributed by atoms with Crippen LogP contribution in [0.15, 0.2) is 85.1 Å². The number of halogens is 1. The van der Waals surface area contributed by atoms with E-state index in [2.05, 4.69) is 103 Å². The van der Waals surface area contributed by atoms with E-state index in [1.165, 1.54) is 15.9 Å². The van der Waals surface area contributed by atoms with E-state index < -0.39 is 8.32 Å². The number of benzene rings is 3. The van der Waals surface area contributed by atoms with Gasteiger partial charge >= 0.3 is 0 Å². The van der Waals surface area contributed by atoms with Gasteiger partial charge in [0.1, 0.15) is 5.82 Å². The number of pyridine rings is 1. The van der Waals surface area contributed by atoms with E-state index in [1.807, 2.05) is 18.3 Å². The third-order valence-electron chi connectivity index (χ3n) is 11.9. The van der Waals surface area contributed by atoms with Crippen molar-refractivity contribution in [1.82, 2.24) is 9.88 Å². The number of amides is 1. The minimum atomic E-state index is -2.71. The Morgan fingerprint density at radius 1 is 0.960 bits per heavy atom. The highest BCUT2D eigenvalue weighted by atomic mass is 35.5. The molecule has 4 aliphatic rings. The lowest BCUT2D eigenvalue weighted by Crippen LogP contribution is -2.69. The number of nitrogens with zero attached hydrogens (tertiary/aromatic N) is 2. The summed E-state index contributed by atoms with van der Waals surface area (Å²) in [5.74, 6) is 1.02. The van der Waals surface area contributed by atoms with Crippen molar-refractivity contribution in [1.29, 1.82) is 0 Å². The van der Waals surface area contributed by atoms with Crippen molar-refractivity contribution in [2.75, 3.05) is 44.8 Å². The minimum absolute atomic E-state index is 0.0186. The van der Waals surface area contributed by atoms with Gasteiger partial charge in [0.25, 0.3) is 8.32 Å². The number of ether oxygens (including phenoxy) is 2. The minimum Gasteiger partial charge on any atom is -0.400 e. The quantitative estimate of drug-likeness (QED) is 0.204. The number of anilines is 1. The summed E-state index contributed by atoms with van der Waals surface area (Å²) < 4.78 is 19.4. The number of fused-ring (bicyclic) bond motifs is 1. The van der Waals surface area contributed by atoms with Crippen molar-refractivity contribution in [3.8, 4) is 0 Å². The molecule has 4 atom stereocenters. The molecule has 50 heavy (non-hydrogen) atoms. The van der Waals surface area contributed by atoms with E-state index >= 15 is 0 Å². The molecule has 1 N–H and O–H groups in total. The zero-order valence-electron chi connectivity index (χ0n) is 29.4. The van der Waals surface area contributed by atoms with E-state index in [-0.39, 0.29) is 34.4 Å². The number of piperidine rings is 1. The van der Waals surface area contributed by atoms with Crippen LogP contribution in [0.1, 0.15) is 57.9 Å². The van der Waals surface area contributed by atoms with Crippen LogP contribution in [0.5, 0.6) is 0 Å². The lowest BCUT2D eigenvalue weighted by Gasteiger charge is -2.46. The van der Waals surface area contributed by atoms with Crippen LogP contribution in [0.4, 0.5) is 5.82 Å². The molecule has 1 amide bonds. The Balaban J connectivity index is 0.978. The van der Waals surface area contributed by atoms with Gasteiger partial charge in [-0.15, -0.1) is 0 Å². The number of carbonyl (C=O) groups is 1. The Bertz CT molecular complexity index is 1800. The molecule has 4 aromatic rings. The highest BCUT2D eigenvalue weighted by Gasteiger charge is 2.60. The zero-order valence-corrected chi connectivity index (χ0v) is 31.1. The van der Waals surface area contributed by atoms with Crippen molar-refractivity contribution in [2.45, 2.75) is 69.6 Å². The fourth-order valence-electron chi connectivity index (χ4n) is 8.99. The fraction of sp³-hybridized carbons (Fsp3) is 0.463. The maximum atomic E-state index is 13.0. The van der Waals surface area contributed by atoms with Gasteiger partial charge in [0, 0.05) is 34.5 Å². The van der Waals surface area contributed by atoms with Gasteiger partial charge in [-0.2, -0.15) is 0 Å². The van der Waals surface area contributed by atoms with Crippen molar-refractivity contribution in [2.24, 2.45) is 11.3 Å². The molecule has 262 valence electrons. The maximum Gasteiger partial charge on any atom is 0.261 e. The molecule has 3 aromatic carbocycles. The second-order valence-electron chi connectivity index (χ2n) is 15.9. The largest absolute Gasteiger partial charge is 0.400 e. The van der Waals surface area contributed by atoms with Gasteiger partial charge in [0.05, 0.1) is 32.0 Å². The molecule has 9 heteroatoms. The van der Waals surface area contributed by atoms with E-state index in [9.17, 15) is 4.79 Å². The van der Waals surface area contributed by atoms with Crippen molar-refractivity contribution in [3.63, 3.8) is 0 Å². The Labute approximate surface area is 301 Å². The molecule has 1 aliphatic carbocycles. The van der Waals surface area contributed by atoms with E-state index in [4.69, 9.17) is 25.5 Å². The lowest BCUT2D eigenvalue weighted by atomic mass is 9.87. The molecule has 7 nitrogen and oxygen atoms in total. The average molecular weight is 710 g/mol. The molecule has 4 unspecified atom stereocenters. The Kier molecular flexibility index (Phi) is 9.15. The van der Waals surface area contributed by atoms with Gasteiger partial charge in [0.15, 0.2) is 0 Å². The first kappa shape index (κ1) is 34.0. The molecule has 8 rings (SSSR count). The van der Waals surface area contributed by atoms with Crippen LogP contribution in [0.25, 0.3) is 10.8 Å². The highest BCUT2D eigenvalue weighted by molar-refractivity contribution is 6.99. The van der Waals surface area contributed by atoms with Gasteiger partial charge in [-0.25, -0.2) is 4.98 Å². The predicted octanol–water partition coefficient (Wildman–Crippen LogP) is 6.78. The first-order valence-electron chi connectivity index (χ1n) is 18.3. The molecule has 1 spiro atoms. The Hall–Kier alpha value is -3.11. The van der Waals surface area contributed by atoms with Gasteiger partial charge in [0.2, 0.25) is 5.91 Å².